The smallest absolute Gasteiger partial charge is 0.322 e. The Morgan fingerprint density at radius 2 is 1.00 bits per heavy atom. The highest BCUT2D eigenvalue weighted by Crippen LogP contribution is 2.25. The Morgan fingerprint density at radius 1 is 0.650 bits per heavy atom. The van der Waals surface area contributed by atoms with Crippen molar-refractivity contribution >= 4 is 46.4 Å². The van der Waals surface area contributed by atoms with Gasteiger partial charge in [0.15, 0.2) is 4.49 Å². The van der Waals surface area contributed by atoms with Crippen LogP contribution in [0.3, 0.4) is 0 Å². The van der Waals surface area contributed by atoms with Crippen LogP contribution < -0.4 is 9.47 Å². The van der Waals surface area contributed by atoms with E-state index in [0.29, 0.717) is 21.5 Å². The third-order valence-corrected chi connectivity index (χ3v) is 3.02. The van der Waals surface area contributed by atoms with Crippen LogP contribution >= 0.6 is 46.4 Å². The lowest BCUT2D eigenvalue weighted by Crippen LogP contribution is -2.04. The van der Waals surface area contributed by atoms with E-state index in [9.17, 15) is 0 Å². The SMILES string of the molecule is ClC(Cl)=C(Oc1ccc(Cl)cc1)Oc1ccc(Cl)cc1. The van der Waals surface area contributed by atoms with Gasteiger partial charge in [-0.25, -0.2) is 0 Å². The Labute approximate surface area is 136 Å². The number of halogens is 4. The molecule has 0 N–H and O–H groups in total. The third kappa shape index (κ3) is 4.50. The molecular formula is C14H8Cl4O2. The molecule has 0 radical (unpaired) electrons. The van der Waals surface area contributed by atoms with Crippen LogP contribution in [0.1, 0.15) is 0 Å². The molecule has 0 aliphatic rings. The van der Waals surface area contributed by atoms with Gasteiger partial charge in [-0.3, -0.25) is 0 Å². The molecule has 0 saturated heterocycles. The molecule has 2 rings (SSSR count). The van der Waals surface area contributed by atoms with Crippen LogP contribution in [0.2, 0.25) is 10.0 Å². The summed E-state index contributed by atoms with van der Waals surface area (Å²) in [6.45, 7) is 0. The van der Waals surface area contributed by atoms with Gasteiger partial charge >= 0.3 is 5.95 Å². The topological polar surface area (TPSA) is 18.5 Å². The standard InChI is InChI=1S/C14H8Cl4O2/c15-9-1-5-11(6-2-9)19-14(13(17)18)20-12-7-3-10(16)4-8-12/h1-8H. The fraction of sp³-hybridized carbons (Fsp3) is 0. The van der Waals surface area contributed by atoms with E-state index in [4.69, 9.17) is 55.9 Å². The monoisotopic (exact) mass is 348 g/mol. The summed E-state index contributed by atoms with van der Waals surface area (Å²) in [5.74, 6) is 0.965. The zero-order valence-corrected chi connectivity index (χ0v) is 13.0. The first kappa shape index (κ1) is 15.3. The quantitative estimate of drug-likeness (QED) is 0.625. The average Bonchev–Trinajstić information content (AvgIpc) is 2.42. The van der Waals surface area contributed by atoms with Crippen molar-refractivity contribution in [1.82, 2.24) is 0 Å². The Morgan fingerprint density at radius 3 is 1.30 bits per heavy atom. The van der Waals surface area contributed by atoms with E-state index < -0.39 is 0 Å². The van der Waals surface area contributed by atoms with Crippen LogP contribution in [-0.2, 0) is 0 Å². The lowest BCUT2D eigenvalue weighted by molar-refractivity contribution is 0.226. The van der Waals surface area contributed by atoms with E-state index in [1.807, 2.05) is 0 Å². The van der Waals surface area contributed by atoms with Gasteiger partial charge in [0.1, 0.15) is 11.5 Å². The molecule has 0 bridgehead atoms. The first-order chi connectivity index (χ1) is 9.54. The number of hydrogen-bond donors (Lipinski definition) is 0. The molecule has 2 aromatic carbocycles. The molecule has 0 aliphatic heterocycles. The van der Waals surface area contributed by atoms with E-state index in [2.05, 4.69) is 0 Å². The first-order valence-electron chi connectivity index (χ1n) is 5.47. The number of ether oxygens (including phenoxy) is 2. The predicted molar refractivity (Wildman–Crippen MR) is 82.9 cm³/mol. The maximum absolute atomic E-state index is 5.79. The zero-order chi connectivity index (χ0) is 14.5. The van der Waals surface area contributed by atoms with E-state index in [0.717, 1.165) is 0 Å². The summed E-state index contributed by atoms with van der Waals surface area (Å²) in [6, 6.07) is 13.4. The fourth-order valence-electron chi connectivity index (χ4n) is 1.32. The first-order valence-corrected chi connectivity index (χ1v) is 6.98. The van der Waals surface area contributed by atoms with Crippen LogP contribution in [0.15, 0.2) is 59.0 Å². The van der Waals surface area contributed by atoms with Gasteiger partial charge < -0.3 is 9.47 Å². The van der Waals surface area contributed by atoms with Crippen LogP contribution in [-0.4, -0.2) is 0 Å². The van der Waals surface area contributed by atoms with Crippen molar-refractivity contribution < 1.29 is 9.47 Å². The van der Waals surface area contributed by atoms with E-state index in [1.165, 1.54) is 0 Å². The van der Waals surface area contributed by atoms with E-state index in [-0.39, 0.29) is 10.4 Å². The highest BCUT2D eigenvalue weighted by Gasteiger charge is 2.09. The summed E-state index contributed by atoms with van der Waals surface area (Å²) in [5.41, 5.74) is 0. The minimum Gasteiger partial charge on any atom is -0.424 e. The molecule has 6 heteroatoms. The van der Waals surface area contributed by atoms with Crippen LogP contribution in [0.5, 0.6) is 11.5 Å². The summed E-state index contributed by atoms with van der Waals surface area (Å²) in [7, 11) is 0. The normalized spacial score (nSPS) is 10.0. The summed E-state index contributed by atoms with van der Waals surface area (Å²) < 4.78 is 10.8. The van der Waals surface area contributed by atoms with Gasteiger partial charge in [0.2, 0.25) is 0 Å². The van der Waals surface area contributed by atoms with Gasteiger partial charge in [-0.2, -0.15) is 0 Å². The predicted octanol–water partition coefficient (Wildman–Crippen LogP) is 6.06. The number of rotatable bonds is 4. The summed E-state index contributed by atoms with van der Waals surface area (Å²) in [5, 5.41) is 1.19. The highest BCUT2D eigenvalue weighted by molar-refractivity contribution is 6.56. The van der Waals surface area contributed by atoms with Crippen LogP contribution in [0.25, 0.3) is 0 Å². The average molecular weight is 350 g/mol. The Bertz CT molecular complexity index is 553. The summed E-state index contributed by atoms with van der Waals surface area (Å²) in [6.07, 6.45) is 0. The second-order valence-corrected chi connectivity index (χ2v) is 5.48. The minimum atomic E-state index is -0.130. The lowest BCUT2D eigenvalue weighted by atomic mass is 10.3. The molecule has 0 amide bonds. The molecule has 104 valence electrons. The van der Waals surface area contributed by atoms with Crippen molar-refractivity contribution in [2.75, 3.05) is 0 Å². The van der Waals surface area contributed by atoms with Crippen molar-refractivity contribution in [3.05, 3.63) is 69.0 Å². The molecule has 2 aromatic rings. The Hall–Kier alpha value is -1.06. The van der Waals surface area contributed by atoms with Crippen molar-refractivity contribution in [2.24, 2.45) is 0 Å². The Balaban J connectivity index is 2.14. The minimum absolute atomic E-state index is 0.0296. The zero-order valence-electron chi connectivity index (χ0n) is 9.95. The molecule has 0 atom stereocenters. The molecule has 2 nitrogen and oxygen atoms in total. The van der Waals surface area contributed by atoms with Gasteiger partial charge in [-0.1, -0.05) is 46.4 Å². The summed E-state index contributed by atoms with van der Waals surface area (Å²) in [4.78, 5) is 0. The van der Waals surface area contributed by atoms with Gasteiger partial charge in [-0.05, 0) is 48.5 Å². The second kappa shape index (κ2) is 7.09. The van der Waals surface area contributed by atoms with Crippen LogP contribution in [0, 0.1) is 0 Å². The lowest BCUT2D eigenvalue weighted by Gasteiger charge is -2.11. The second-order valence-electron chi connectivity index (χ2n) is 3.66. The molecular weight excluding hydrogens is 342 g/mol. The number of benzene rings is 2. The molecule has 0 aliphatic carbocycles. The molecule has 0 spiro atoms. The summed E-state index contributed by atoms with van der Waals surface area (Å²) >= 11 is 23.1. The fourth-order valence-corrected chi connectivity index (χ4v) is 1.72. The number of hydrogen-bond acceptors (Lipinski definition) is 2. The van der Waals surface area contributed by atoms with E-state index in [1.54, 1.807) is 48.5 Å². The maximum Gasteiger partial charge on any atom is 0.322 e. The van der Waals surface area contributed by atoms with Gasteiger partial charge in [0, 0.05) is 10.0 Å². The highest BCUT2D eigenvalue weighted by atomic mass is 35.5. The van der Waals surface area contributed by atoms with Crippen molar-refractivity contribution in [3.8, 4) is 11.5 Å². The van der Waals surface area contributed by atoms with Gasteiger partial charge in [0.05, 0.1) is 0 Å². The molecule has 0 unspecified atom stereocenters. The van der Waals surface area contributed by atoms with Gasteiger partial charge in [0.25, 0.3) is 0 Å². The third-order valence-electron chi connectivity index (χ3n) is 2.20. The van der Waals surface area contributed by atoms with Crippen LogP contribution in [0.4, 0.5) is 0 Å². The van der Waals surface area contributed by atoms with E-state index >= 15 is 0 Å². The van der Waals surface area contributed by atoms with Gasteiger partial charge in [-0.15, -0.1) is 0 Å². The molecule has 0 heterocycles. The van der Waals surface area contributed by atoms with Crippen molar-refractivity contribution in [3.63, 3.8) is 0 Å². The largest absolute Gasteiger partial charge is 0.424 e. The molecule has 0 saturated carbocycles. The Kier molecular flexibility index (Phi) is 5.44. The van der Waals surface area contributed by atoms with Crippen molar-refractivity contribution in [2.45, 2.75) is 0 Å². The maximum atomic E-state index is 5.79. The van der Waals surface area contributed by atoms with Crippen molar-refractivity contribution in [1.29, 1.82) is 0 Å². The molecule has 20 heavy (non-hydrogen) atoms. The molecule has 0 fully saturated rings. The molecule has 0 aromatic heterocycles.